The fourth-order valence-corrected chi connectivity index (χ4v) is 3.70. The molecule has 0 aliphatic carbocycles. The van der Waals surface area contributed by atoms with E-state index in [1.54, 1.807) is 31.4 Å². The van der Waals surface area contributed by atoms with Crippen LogP contribution >= 0.6 is 35.7 Å². The van der Waals surface area contributed by atoms with E-state index >= 15 is 0 Å². The number of guanidine groups is 1. The number of methoxy groups -OCH3 is 1. The summed E-state index contributed by atoms with van der Waals surface area (Å²) in [6.45, 7) is 4.88. The molecular formula is C18H29IN4O2S. The summed E-state index contributed by atoms with van der Waals surface area (Å²) in [6, 6.07) is 7.08. The zero-order valence-electron chi connectivity index (χ0n) is 15.4. The second kappa shape index (κ2) is 13.1. The van der Waals surface area contributed by atoms with Crippen LogP contribution < -0.4 is 20.7 Å². The molecule has 1 aromatic rings. The molecule has 2 rings (SSSR count). The second-order valence-corrected chi connectivity index (χ2v) is 7.17. The highest BCUT2D eigenvalue weighted by Gasteiger charge is 2.14. The molecule has 1 aliphatic heterocycles. The van der Waals surface area contributed by atoms with Crippen LogP contribution in [0.3, 0.4) is 0 Å². The minimum absolute atomic E-state index is 0. The number of amides is 1. The zero-order valence-corrected chi connectivity index (χ0v) is 18.6. The van der Waals surface area contributed by atoms with Crippen LogP contribution in [-0.2, 0) is 0 Å². The first-order valence-electron chi connectivity index (χ1n) is 8.79. The molecule has 1 heterocycles. The van der Waals surface area contributed by atoms with Crippen molar-refractivity contribution < 1.29 is 9.53 Å². The molecular weight excluding hydrogens is 463 g/mol. The number of thioether (sulfide) groups is 1. The largest absolute Gasteiger partial charge is 0.497 e. The van der Waals surface area contributed by atoms with Crippen LogP contribution in [0.5, 0.6) is 5.75 Å². The van der Waals surface area contributed by atoms with Gasteiger partial charge in [0.1, 0.15) is 5.75 Å². The molecule has 1 amide bonds. The summed E-state index contributed by atoms with van der Waals surface area (Å²) >= 11 is 2.01. The molecule has 1 aromatic carbocycles. The molecule has 1 atom stereocenters. The Hall–Kier alpha value is -1.16. The van der Waals surface area contributed by atoms with E-state index in [-0.39, 0.29) is 29.9 Å². The number of rotatable bonds is 8. The lowest BCUT2D eigenvalue weighted by Gasteiger charge is -2.13. The molecule has 0 aromatic heterocycles. The normalized spacial score (nSPS) is 16.5. The number of nitrogens with zero attached hydrogens (tertiary/aromatic N) is 1. The SMILES string of the molecule is CCNC(=NCC1CCCS1)NCCNC(=O)c1ccc(OC)cc1.I. The van der Waals surface area contributed by atoms with E-state index < -0.39 is 0 Å². The van der Waals surface area contributed by atoms with Gasteiger partial charge < -0.3 is 20.7 Å². The van der Waals surface area contributed by atoms with Gasteiger partial charge in [0, 0.05) is 30.4 Å². The Labute approximate surface area is 177 Å². The van der Waals surface area contributed by atoms with Gasteiger partial charge in [0.25, 0.3) is 5.91 Å². The van der Waals surface area contributed by atoms with Crippen LogP contribution in [0.25, 0.3) is 0 Å². The maximum atomic E-state index is 12.1. The number of carbonyl (C=O) groups is 1. The van der Waals surface area contributed by atoms with Crippen molar-refractivity contribution in [2.75, 3.05) is 39.0 Å². The predicted octanol–water partition coefficient (Wildman–Crippen LogP) is 2.49. The molecule has 0 spiro atoms. The molecule has 1 fully saturated rings. The van der Waals surface area contributed by atoms with Crippen LogP contribution in [0.15, 0.2) is 29.3 Å². The molecule has 1 aliphatic rings. The highest BCUT2D eigenvalue weighted by molar-refractivity contribution is 14.0. The van der Waals surface area contributed by atoms with Crippen LogP contribution in [0.2, 0.25) is 0 Å². The van der Waals surface area contributed by atoms with Gasteiger partial charge in [-0.3, -0.25) is 9.79 Å². The number of nitrogens with one attached hydrogen (secondary N) is 3. The first-order valence-corrected chi connectivity index (χ1v) is 9.84. The molecule has 6 nitrogen and oxygen atoms in total. The molecule has 3 N–H and O–H groups in total. The summed E-state index contributed by atoms with van der Waals surface area (Å²) < 4.78 is 5.09. The van der Waals surface area contributed by atoms with Gasteiger partial charge in [-0.2, -0.15) is 11.8 Å². The van der Waals surface area contributed by atoms with E-state index in [1.807, 2.05) is 18.7 Å². The van der Waals surface area contributed by atoms with E-state index in [0.717, 1.165) is 24.8 Å². The van der Waals surface area contributed by atoms with Gasteiger partial charge in [-0.05, 0) is 49.8 Å². The Bertz CT molecular complexity index is 563. The Morgan fingerprint density at radius 2 is 1.96 bits per heavy atom. The number of benzene rings is 1. The van der Waals surface area contributed by atoms with Crippen LogP contribution in [-0.4, -0.2) is 56.2 Å². The van der Waals surface area contributed by atoms with Gasteiger partial charge in [-0.15, -0.1) is 24.0 Å². The monoisotopic (exact) mass is 492 g/mol. The number of aliphatic imine (C=N–C) groups is 1. The summed E-state index contributed by atoms with van der Waals surface area (Å²) in [5.41, 5.74) is 0.625. The first-order chi connectivity index (χ1) is 12.2. The number of hydrogen-bond acceptors (Lipinski definition) is 4. The van der Waals surface area contributed by atoms with Crippen molar-refractivity contribution in [3.8, 4) is 5.75 Å². The topological polar surface area (TPSA) is 74.8 Å². The number of carbonyl (C=O) groups excluding carboxylic acids is 1. The molecule has 26 heavy (non-hydrogen) atoms. The van der Waals surface area contributed by atoms with E-state index in [9.17, 15) is 4.79 Å². The summed E-state index contributed by atoms with van der Waals surface area (Å²) in [5.74, 6) is 2.72. The molecule has 1 unspecified atom stereocenters. The summed E-state index contributed by atoms with van der Waals surface area (Å²) in [7, 11) is 1.61. The van der Waals surface area contributed by atoms with E-state index in [2.05, 4.69) is 20.9 Å². The van der Waals surface area contributed by atoms with E-state index in [1.165, 1.54) is 18.6 Å². The highest BCUT2D eigenvalue weighted by atomic mass is 127. The number of halogens is 1. The number of hydrogen-bond donors (Lipinski definition) is 3. The van der Waals surface area contributed by atoms with E-state index in [0.29, 0.717) is 23.9 Å². The lowest BCUT2D eigenvalue weighted by molar-refractivity contribution is 0.0954. The quantitative estimate of drug-likeness (QED) is 0.225. The van der Waals surface area contributed by atoms with E-state index in [4.69, 9.17) is 4.74 Å². The standard InChI is InChI=1S/C18H28N4O2S.HI/c1-3-19-18(22-13-16-5-4-12-25-16)21-11-10-20-17(23)14-6-8-15(24-2)9-7-14;/h6-9,16H,3-5,10-13H2,1-2H3,(H,20,23)(H2,19,21,22);1H. The lowest BCUT2D eigenvalue weighted by atomic mass is 10.2. The van der Waals surface area contributed by atoms with Crippen LogP contribution in [0.1, 0.15) is 30.1 Å². The average Bonchev–Trinajstić information content (AvgIpc) is 3.16. The van der Waals surface area contributed by atoms with Gasteiger partial charge in [-0.25, -0.2) is 0 Å². The minimum atomic E-state index is -0.0891. The number of ether oxygens (including phenoxy) is 1. The molecule has 0 radical (unpaired) electrons. The molecule has 8 heteroatoms. The van der Waals surface area contributed by atoms with Crippen molar-refractivity contribution in [3.63, 3.8) is 0 Å². The van der Waals surface area contributed by atoms with Crippen molar-refractivity contribution in [1.29, 1.82) is 0 Å². The van der Waals surface area contributed by atoms with Crippen molar-refractivity contribution in [3.05, 3.63) is 29.8 Å². The average molecular weight is 492 g/mol. The third kappa shape index (κ3) is 8.03. The van der Waals surface area contributed by atoms with Crippen molar-refractivity contribution in [2.45, 2.75) is 25.0 Å². The fourth-order valence-electron chi connectivity index (χ4n) is 2.52. The lowest BCUT2D eigenvalue weighted by Crippen LogP contribution is -2.41. The Balaban J connectivity index is 0.00000338. The summed E-state index contributed by atoms with van der Waals surface area (Å²) in [5, 5.41) is 10.1. The summed E-state index contributed by atoms with van der Waals surface area (Å²) in [6.07, 6.45) is 2.55. The maximum absolute atomic E-state index is 12.1. The van der Waals surface area contributed by atoms with Crippen LogP contribution in [0.4, 0.5) is 0 Å². The molecule has 0 bridgehead atoms. The van der Waals surface area contributed by atoms with Gasteiger partial charge >= 0.3 is 0 Å². The molecule has 1 saturated heterocycles. The van der Waals surface area contributed by atoms with Crippen molar-refractivity contribution in [1.82, 2.24) is 16.0 Å². The van der Waals surface area contributed by atoms with Gasteiger partial charge in [0.05, 0.1) is 13.7 Å². The van der Waals surface area contributed by atoms with Gasteiger partial charge in [0.15, 0.2) is 5.96 Å². The molecule has 146 valence electrons. The second-order valence-electron chi connectivity index (χ2n) is 5.77. The zero-order chi connectivity index (χ0) is 17.9. The van der Waals surface area contributed by atoms with Crippen molar-refractivity contribution >= 4 is 47.6 Å². The third-order valence-corrected chi connectivity index (χ3v) is 5.26. The smallest absolute Gasteiger partial charge is 0.251 e. The van der Waals surface area contributed by atoms with Crippen molar-refractivity contribution in [2.24, 2.45) is 4.99 Å². The predicted molar refractivity (Wildman–Crippen MR) is 120 cm³/mol. The Morgan fingerprint density at radius 3 is 2.58 bits per heavy atom. The Morgan fingerprint density at radius 1 is 1.23 bits per heavy atom. The first kappa shape index (κ1) is 22.9. The minimum Gasteiger partial charge on any atom is -0.497 e. The summed E-state index contributed by atoms with van der Waals surface area (Å²) in [4.78, 5) is 16.7. The third-order valence-electron chi connectivity index (χ3n) is 3.88. The molecule has 0 saturated carbocycles. The van der Waals surface area contributed by atoms with Gasteiger partial charge in [-0.1, -0.05) is 0 Å². The Kier molecular flexibility index (Phi) is 11.5. The highest BCUT2D eigenvalue weighted by Crippen LogP contribution is 2.25. The maximum Gasteiger partial charge on any atom is 0.251 e. The fraction of sp³-hybridized carbons (Fsp3) is 0.556. The van der Waals surface area contributed by atoms with Crippen LogP contribution in [0, 0.1) is 0 Å². The van der Waals surface area contributed by atoms with Gasteiger partial charge in [0.2, 0.25) is 0 Å².